The lowest BCUT2D eigenvalue weighted by Crippen LogP contribution is -2.50. The minimum absolute atomic E-state index is 0.0447. The van der Waals surface area contributed by atoms with E-state index in [0.29, 0.717) is 42.8 Å². The maximum Gasteiger partial charge on any atom is 0.238 e. The minimum Gasteiger partial charge on any atom is -0.339 e. The lowest BCUT2D eigenvalue weighted by atomic mass is 10.3. The van der Waals surface area contributed by atoms with Gasteiger partial charge in [0.25, 0.3) is 0 Å². The maximum atomic E-state index is 12.9. The van der Waals surface area contributed by atoms with Crippen LogP contribution in [0.2, 0.25) is 0 Å². The summed E-state index contributed by atoms with van der Waals surface area (Å²) >= 11 is 1.32. The maximum absolute atomic E-state index is 12.9. The van der Waals surface area contributed by atoms with Gasteiger partial charge in [-0.05, 0) is 24.3 Å². The molecule has 0 bridgehead atoms. The molecule has 1 aromatic carbocycles. The summed E-state index contributed by atoms with van der Waals surface area (Å²) in [4.78, 5) is 32.6. The molecule has 28 heavy (non-hydrogen) atoms. The first kappa shape index (κ1) is 20.3. The van der Waals surface area contributed by atoms with E-state index in [2.05, 4.69) is 20.5 Å². The molecule has 1 aliphatic rings. The van der Waals surface area contributed by atoms with Crippen molar-refractivity contribution in [2.24, 2.45) is 0 Å². The van der Waals surface area contributed by atoms with E-state index in [4.69, 9.17) is 0 Å². The van der Waals surface area contributed by atoms with Gasteiger partial charge in [0.1, 0.15) is 11.6 Å². The van der Waals surface area contributed by atoms with E-state index in [9.17, 15) is 14.0 Å². The molecule has 0 saturated carbocycles. The predicted molar refractivity (Wildman–Crippen MR) is 105 cm³/mol. The fraction of sp³-hybridized carbons (Fsp3) is 0.444. The number of amides is 2. The normalized spacial score (nSPS) is 14.9. The van der Waals surface area contributed by atoms with Crippen LogP contribution < -0.4 is 5.32 Å². The largest absolute Gasteiger partial charge is 0.339 e. The molecule has 8 nitrogen and oxygen atoms in total. The summed E-state index contributed by atoms with van der Waals surface area (Å²) < 4.78 is 12.9. The van der Waals surface area contributed by atoms with Gasteiger partial charge in [-0.25, -0.2) is 9.37 Å². The quantitative estimate of drug-likeness (QED) is 0.675. The van der Waals surface area contributed by atoms with E-state index < -0.39 is 0 Å². The van der Waals surface area contributed by atoms with Gasteiger partial charge in [-0.3, -0.25) is 19.6 Å². The van der Waals surface area contributed by atoms with Crippen molar-refractivity contribution in [3.05, 3.63) is 35.9 Å². The Hall–Kier alpha value is -2.46. The first-order valence-electron chi connectivity index (χ1n) is 9.13. The Balaban J connectivity index is 1.38. The number of carbonyl (C=O) groups excluding carboxylic acids is 2. The van der Waals surface area contributed by atoms with Crippen LogP contribution in [0.25, 0.3) is 0 Å². The number of nitrogens with one attached hydrogen (secondary N) is 2. The molecule has 1 aromatic heterocycles. The van der Waals surface area contributed by atoms with Crippen molar-refractivity contribution in [1.29, 1.82) is 0 Å². The number of hydrogen-bond acceptors (Lipinski definition) is 6. The van der Waals surface area contributed by atoms with Crippen molar-refractivity contribution in [3.63, 3.8) is 0 Å². The number of carbonyl (C=O) groups is 2. The van der Waals surface area contributed by atoms with Gasteiger partial charge in [-0.1, -0.05) is 18.7 Å². The van der Waals surface area contributed by atoms with Crippen LogP contribution in [0.15, 0.2) is 29.4 Å². The van der Waals surface area contributed by atoms with Gasteiger partial charge in [0, 0.05) is 38.3 Å². The Kier molecular flexibility index (Phi) is 6.99. The summed E-state index contributed by atoms with van der Waals surface area (Å²) in [6.45, 7) is 4.65. The van der Waals surface area contributed by atoms with Crippen LogP contribution in [-0.2, 0) is 16.0 Å². The lowest BCUT2D eigenvalue weighted by Gasteiger charge is -2.34. The number of nitrogens with zero attached hydrogens (tertiary/aromatic N) is 4. The van der Waals surface area contributed by atoms with Crippen molar-refractivity contribution >= 4 is 29.3 Å². The average Bonchev–Trinajstić information content (AvgIpc) is 3.16. The molecule has 1 fully saturated rings. The molecule has 2 amide bonds. The SMILES string of the molecule is CCc1nc(SCC(=O)N2CCN(CC(=O)Nc3ccc(F)cc3)CC2)n[nH]1. The molecule has 0 unspecified atom stereocenters. The summed E-state index contributed by atoms with van der Waals surface area (Å²) in [5.74, 6) is 0.654. The zero-order valence-corrected chi connectivity index (χ0v) is 16.5. The molecule has 0 atom stereocenters. The summed E-state index contributed by atoms with van der Waals surface area (Å²) in [5.41, 5.74) is 0.565. The number of piperazine rings is 1. The summed E-state index contributed by atoms with van der Waals surface area (Å²) in [5, 5.41) is 10.2. The van der Waals surface area contributed by atoms with E-state index in [1.165, 1.54) is 36.0 Å². The third-order valence-corrected chi connectivity index (χ3v) is 5.22. The van der Waals surface area contributed by atoms with E-state index in [0.717, 1.165) is 12.2 Å². The van der Waals surface area contributed by atoms with Crippen molar-refractivity contribution in [2.45, 2.75) is 18.5 Å². The number of rotatable bonds is 7. The van der Waals surface area contributed by atoms with Gasteiger partial charge < -0.3 is 10.2 Å². The Morgan fingerprint density at radius 3 is 2.57 bits per heavy atom. The smallest absolute Gasteiger partial charge is 0.238 e. The van der Waals surface area contributed by atoms with E-state index >= 15 is 0 Å². The topological polar surface area (TPSA) is 94.2 Å². The van der Waals surface area contributed by atoms with Crippen molar-refractivity contribution in [1.82, 2.24) is 25.0 Å². The Bertz CT molecular complexity index is 805. The van der Waals surface area contributed by atoms with Gasteiger partial charge in [0.2, 0.25) is 17.0 Å². The Labute approximate surface area is 166 Å². The number of aromatic amines is 1. The number of aryl methyl sites for hydroxylation is 1. The number of anilines is 1. The molecule has 0 aliphatic carbocycles. The van der Waals surface area contributed by atoms with Gasteiger partial charge >= 0.3 is 0 Å². The Morgan fingerprint density at radius 2 is 1.93 bits per heavy atom. The van der Waals surface area contributed by atoms with E-state index in [-0.39, 0.29) is 24.2 Å². The van der Waals surface area contributed by atoms with Crippen LogP contribution in [-0.4, -0.2) is 75.3 Å². The number of aromatic nitrogens is 3. The van der Waals surface area contributed by atoms with Crippen LogP contribution in [0, 0.1) is 5.82 Å². The fourth-order valence-corrected chi connectivity index (χ4v) is 3.53. The number of halogens is 1. The molecular formula is C18H23FN6O2S. The molecule has 1 saturated heterocycles. The number of hydrogen-bond donors (Lipinski definition) is 2. The summed E-state index contributed by atoms with van der Waals surface area (Å²) in [6, 6.07) is 5.66. The molecule has 10 heteroatoms. The molecule has 3 rings (SSSR count). The second-order valence-electron chi connectivity index (χ2n) is 6.42. The molecule has 2 aromatic rings. The zero-order valence-electron chi connectivity index (χ0n) is 15.7. The standard InChI is InChI=1S/C18H23FN6O2S/c1-2-15-21-18(23-22-15)28-12-17(27)25-9-7-24(8-10-25)11-16(26)20-14-5-3-13(19)4-6-14/h3-6H,2,7-12H2,1H3,(H,20,26)(H,21,22,23). The summed E-state index contributed by atoms with van der Waals surface area (Å²) in [7, 11) is 0. The summed E-state index contributed by atoms with van der Waals surface area (Å²) in [6.07, 6.45) is 0.776. The highest BCUT2D eigenvalue weighted by atomic mass is 32.2. The minimum atomic E-state index is -0.342. The second kappa shape index (κ2) is 9.65. The monoisotopic (exact) mass is 406 g/mol. The Morgan fingerprint density at radius 1 is 1.21 bits per heavy atom. The van der Waals surface area contributed by atoms with Crippen LogP contribution in [0.1, 0.15) is 12.7 Å². The highest BCUT2D eigenvalue weighted by molar-refractivity contribution is 7.99. The van der Waals surface area contributed by atoms with Crippen molar-refractivity contribution in [3.8, 4) is 0 Å². The van der Waals surface area contributed by atoms with Gasteiger partial charge in [-0.15, -0.1) is 5.10 Å². The number of benzene rings is 1. The molecule has 0 spiro atoms. The first-order chi connectivity index (χ1) is 13.5. The molecule has 1 aliphatic heterocycles. The van der Waals surface area contributed by atoms with Gasteiger partial charge in [0.05, 0.1) is 12.3 Å². The highest BCUT2D eigenvalue weighted by Gasteiger charge is 2.22. The zero-order chi connectivity index (χ0) is 19.9. The van der Waals surface area contributed by atoms with Crippen molar-refractivity contribution in [2.75, 3.05) is 43.8 Å². The predicted octanol–water partition coefficient (Wildman–Crippen LogP) is 1.38. The third-order valence-electron chi connectivity index (χ3n) is 4.39. The molecule has 0 radical (unpaired) electrons. The van der Waals surface area contributed by atoms with Crippen LogP contribution in [0.3, 0.4) is 0 Å². The van der Waals surface area contributed by atoms with E-state index in [1.54, 1.807) is 4.90 Å². The first-order valence-corrected chi connectivity index (χ1v) is 10.1. The third kappa shape index (κ3) is 5.77. The van der Waals surface area contributed by atoms with Crippen LogP contribution in [0.5, 0.6) is 0 Å². The highest BCUT2D eigenvalue weighted by Crippen LogP contribution is 2.14. The molecule has 150 valence electrons. The van der Waals surface area contributed by atoms with Crippen molar-refractivity contribution < 1.29 is 14.0 Å². The second-order valence-corrected chi connectivity index (χ2v) is 7.36. The number of H-pyrrole nitrogens is 1. The van der Waals surface area contributed by atoms with E-state index in [1.807, 2.05) is 11.8 Å². The molecular weight excluding hydrogens is 383 g/mol. The van der Waals surface area contributed by atoms with Crippen LogP contribution >= 0.6 is 11.8 Å². The number of thioether (sulfide) groups is 1. The lowest BCUT2D eigenvalue weighted by molar-refractivity contribution is -0.130. The van der Waals surface area contributed by atoms with Gasteiger partial charge in [0.15, 0.2) is 0 Å². The molecule has 2 N–H and O–H groups in total. The molecule has 2 heterocycles. The van der Waals surface area contributed by atoms with Gasteiger partial charge in [-0.2, -0.15) is 0 Å². The average molecular weight is 406 g/mol. The fourth-order valence-electron chi connectivity index (χ4n) is 2.81. The van der Waals surface area contributed by atoms with Crippen LogP contribution in [0.4, 0.5) is 10.1 Å².